The molecule has 4 aromatic heterocycles. The molecule has 0 spiro atoms. The van der Waals surface area contributed by atoms with Crippen molar-refractivity contribution in [2.24, 2.45) is 0 Å². The molecule has 5 aromatic rings. The summed E-state index contributed by atoms with van der Waals surface area (Å²) in [7, 11) is 0. The van der Waals surface area contributed by atoms with Crippen LogP contribution in [0.3, 0.4) is 0 Å². The molecule has 0 atom stereocenters. The van der Waals surface area contributed by atoms with Gasteiger partial charge in [-0.15, -0.1) is 0 Å². The van der Waals surface area contributed by atoms with Gasteiger partial charge < -0.3 is 14.9 Å². The van der Waals surface area contributed by atoms with Gasteiger partial charge in [0.25, 0.3) is 0 Å². The average molecular weight is 397 g/mol. The van der Waals surface area contributed by atoms with Crippen molar-refractivity contribution in [1.82, 2.24) is 35.0 Å². The molecule has 6 rings (SSSR count). The maximum Gasteiger partial charge on any atom is 0.116 e. The number of nitrogens with one attached hydrogen (secondary N) is 3. The molecule has 3 N–H and O–H groups in total. The van der Waals surface area contributed by atoms with Gasteiger partial charge in [-0.25, -0.2) is 4.98 Å². The third-order valence-electron chi connectivity index (χ3n) is 6.17. The zero-order valence-corrected chi connectivity index (χ0v) is 16.8. The summed E-state index contributed by atoms with van der Waals surface area (Å²) in [6.07, 6.45) is 9.95. The molecule has 0 aliphatic carbocycles. The summed E-state index contributed by atoms with van der Waals surface area (Å²) in [5.41, 5.74) is 7.37. The van der Waals surface area contributed by atoms with Gasteiger partial charge in [-0.2, -0.15) is 5.10 Å². The lowest BCUT2D eigenvalue weighted by molar-refractivity contribution is 0.460. The Labute approximate surface area is 173 Å². The van der Waals surface area contributed by atoms with Crippen LogP contribution in [0, 0.1) is 6.92 Å². The van der Waals surface area contributed by atoms with Crippen LogP contribution in [-0.2, 0) is 0 Å². The van der Waals surface area contributed by atoms with Gasteiger partial charge in [0.15, 0.2) is 0 Å². The van der Waals surface area contributed by atoms with Gasteiger partial charge in [-0.3, -0.25) is 10.1 Å². The molecular weight excluding hydrogens is 374 g/mol. The molecule has 7 nitrogen and oxygen atoms in total. The number of aromatic nitrogens is 6. The van der Waals surface area contributed by atoms with Gasteiger partial charge in [-0.05, 0) is 62.5 Å². The second-order valence-electron chi connectivity index (χ2n) is 8.13. The lowest BCUT2D eigenvalue weighted by Crippen LogP contribution is -2.26. The maximum absolute atomic E-state index is 4.65. The van der Waals surface area contributed by atoms with Crippen molar-refractivity contribution in [3.05, 3.63) is 60.4 Å². The first kappa shape index (κ1) is 17.4. The van der Waals surface area contributed by atoms with E-state index in [2.05, 4.69) is 54.7 Å². The van der Waals surface area contributed by atoms with E-state index < -0.39 is 0 Å². The third kappa shape index (κ3) is 2.81. The molecule has 1 aliphatic rings. The highest BCUT2D eigenvalue weighted by atomic mass is 15.1. The fourth-order valence-electron chi connectivity index (χ4n) is 4.57. The smallest absolute Gasteiger partial charge is 0.116 e. The van der Waals surface area contributed by atoms with E-state index >= 15 is 0 Å². The van der Waals surface area contributed by atoms with Gasteiger partial charge in [0, 0.05) is 17.0 Å². The van der Waals surface area contributed by atoms with Crippen LogP contribution in [0.5, 0.6) is 0 Å². The van der Waals surface area contributed by atoms with E-state index in [1.54, 1.807) is 0 Å². The predicted octanol–water partition coefficient (Wildman–Crippen LogP) is 4.07. The molecule has 1 saturated heterocycles. The average Bonchev–Trinajstić information content (AvgIpc) is 3.51. The van der Waals surface area contributed by atoms with E-state index in [1.165, 1.54) is 18.4 Å². The minimum Gasteiger partial charge on any atom is -0.352 e. The van der Waals surface area contributed by atoms with Crippen LogP contribution in [0.25, 0.3) is 38.9 Å². The van der Waals surface area contributed by atoms with Gasteiger partial charge in [0.1, 0.15) is 5.69 Å². The van der Waals surface area contributed by atoms with Gasteiger partial charge in [0.05, 0.1) is 46.8 Å². The highest BCUT2D eigenvalue weighted by Crippen LogP contribution is 2.34. The number of imidazole rings is 1. The number of benzene rings is 1. The predicted molar refractivity (Wildman–Crippen MR) is 118 cm³/mol. The van der Waals surface area contributed by atoms with Crippen molar-refractivity contribution >= 4 is 21.8 Å². The van der Waals surface area contributed by atoms with Crippen molar-refractivity contribution in [2.45, 2.75) is 25.7 Å². The number of nitrogens with zero attached hydrogens (tertiary/aromatic N) is 4. The van der Waals surface area contributed by atoms with Crippen LogP contribution in [0.4, 0.5) is 0 Å². The number of piperidine rings is 1. The summed E-state index contributed by atoms with van der Waals surface area (Å²) < 4.78 is 2.01. The monoisotopic (exact) mass is 397 g/mol. The minimum atomic E-state index is 0.612. The van der Waals surface area contributed by atoms with Gasteiger partial charge in [-0.1, -0.05) is 6.07 Å². The highest BCUT2D eigenvalue weighted by Gasteiger charge is 2.18. The number of aromatic amines is 2. The summed E-state index contributed by atoms with van der Waals surface area (Å²) in [6.45, 7) is 4.17. The van der Waals surface area contributed by atoms with Crippen molar-refractivity contribution in [3.8, 4) is 17.1 Å². The van der Waals surface area contributed by atoms with Crippen molar-refractivity contribution in [1.29, 1.82) is 0 Å². The Morgan fingerprint density at radius 2 is 1.93 bits per heavy atom. The Balaban J connectivity index is 1.47. The number of hydrogen-bond donors (Lipinski definition) is 3. The first-order chi connectivity index (χ1) is 14.8. The number of aryl methyl sites for hydroxylation is 1. The Morgan fingerprint density at radius 3 is 2.77 bits per heavy atom. The summed E-state index contributed by atoms with van der Waals surface area (Å²) in [5, 5.41) is 13.6. The van der Waals surface area contributed by atoms with Crippen LogP contribution in [0.2, 0.25) is 0 Å². The molecule has 1 aliphatic heterocycles. The van der Waals surface area contributed by atoms with Crippen LogP contribution in [0.1, 0.15) is 30.0 Å². The van der Waals surface area contributed by atoms with E-state index in [0.717, 1.165) is 57.7 Å². The second kappa shape index (κ2) is 6.81. The van der Waals surface area contributed by atoms with E-state index in [-0.39, 0.29) is 0 Å². The highest BCUT2D eigenvalue weighted by molar-refractivity contribution is 5.97. The molecule has 5 heterocycles. The summed E-state index contributed by atoms with van der Waals surface area (Å²) >= 11 is 0. The first-order valence-corrected chi connectivity index (χ1v) is 10.4. The zero-order valence-electron chi connectivity index (χ0n) is 16.8. The van der Waals surface area contributed by atoms with E-state index in [4.69, 9.17) is 0 Å². The van der Waals surface area contributed by atoms with E-state index in [0.29, 0.717) is 5.92 Å². The van der Waals surface area contributed by atoms with E-state index in [9.17, 15) is 0 Å². The second-order valence-corrected chi connectivity index (χ2v) is 8.13. The number of H-pyrrole nitrogens is 2. The SMILES string of the molecule is Cc1cn(-c2cncc3[nH]c(-c4n[nH]c5ccc(C6CCNCC6)cc45)cc23)cn1. The Kier molecular flexibility index (Phi) is 3.95. The molecule has 0 amide bonds. The fraction of sp³-hybridized carbons (Fsp3) is 0.261. The molecule has 0 unspecified atom stereocenters. The molecule has 0 radical (unpaired) electrons. The van der Waals surface area contributed by atoms with Crippen molar-refractivity contribution < 1.29 is 0 Å². The minimum absolute atomic E-state index is 0.612. The quantitative estimate of drug-likeness (QED) is 0.428. The topological polar surface area (TPSA) is 87.2 Å². The van der Waals surface area contributed by atoms with Crippen LogP contribution >= 0.6 is 0 Å². The van der Waals surface area contributed by atoms with Crippen LogP contribution < -0.4 is 5.32 Å². The lowest BCUT2D eigenvalue weighted by Gasteiger charge is -2.23. The summed E-state index contributed by atoms with van der Waals surface area (Å²) in [5.74, 6) is 0.612. The van der Waals surface area contributed by atoms with Gasteiger partial charge in [0.2, 0.25) is 0 Å². The molecular formula is C23H23N7. The molecule has 1 aromatic carbocycles. The molecule has 150 valence electrons. The normalized spacial score (nSPS) is 15.4. The third-order valence-corrected chi connectivity index (χ3v) is 6.17. The molecule has 30 heavy (non-hydrogen) atoms. The van der Waals surface area contributed by atoms with Gasteiger partial charge >= 0.3 is 0 Å². The van der Waals surface area contributed by atoms with Crippen LogP contribution in [0.15, 0.2) is 49.2 Å². The van der Waals surface area contributed by atoms with Crippen LogP contribution in [-0.4, -0.2) is 42.8 Å². The lowest BCUT2D eigenvalue weighted by atomic mass is 9.89. The molecule has 0 saturated carbocycles. The molecule has 7 heteroatoms. The number of hydrogen-bond acceptors (Lipinski definition) is 4. The number of pyridine rings is 1. The Bertz CT molecular complexity index is 1350. The van der Waals surface area contributed by atoms with E-state index in [1.807, 2.05) is 36.4 Å². The summed E-state index contributed by atoms with van der Waals surface area (Å²) in [4.78, 5) is 12.3. The van der Waals surface area contributed by atoms with Crippen molar-refractivity contribution in [3.63, 3.8) is 0 Å². The first-order valence-electron chi connectivity index (χ1n) is 10.4. The summed E-state index contributed by atoms with van der Waals surface area (Å²) in [6, 6.07) is 8.88. The van der Waals surface area contributed by atoms with Crippen molar-refractivity contribution in [2.75, 3.05) is 13.1 Å². The fourth-order valence-corrected chi connectivity index (χ4v) is 4.57. The standard InChI is InChI=1S/C23H23N7/c1-14-12-30(13-26-14)22-11-25-10-21-17(22)9-20(27-21)23-18-8-16(2-3-19(18)28-29-23)15-4-6-24-7-5-15/h2-3,8-13,15,24,27H,4-7H2,1H3,(H,28,29). The Hall–Kier alpha value is -3.45. The molecule has 1 fully saturated rings. The molecule has 0 bridgehead atoms. The number of fused-ring (bicyclic) bond motifs is 2. The zero-order chi connectivity index (χ0) is 20.1. The number of rotatable bonds is 3. The largest absolute Gasteiger partial charge is 0.352 e. The maximum atomic E-state index is 4.65. The Morgan fingerprint density at radius 1 is 1.03 bits per heavy atom.